The summed E-state index contributed by atoms with van der Waals surface area (Å²) in [6, 6.07) is 12.9. The van der Waals surface area contributed by atoms with E-state index in [4.69, 9.17) is 0 Å². The van der Waals surface area contributed by atoms with Gasteiger partial charge in [0.2, 0.25) is 10.0 Å². The lowest BCUT2D eigenvalue weighted by molar-refractivity contribution is 0.0986. The molecule has 28 heavy (non-hydrogen) atoms. The van der Waals surface area contributed by atoms with Gasteiger partial charge >= 0.3 is 0 Å². The van der Waals surface area contributed by atoms with E-state index >= 15 is 0 Å². The molecular weight excluding hydrogens is 392 g/mol. The van der Waals surface area contributed by atoms with Crippen LogP contribution in [0.2, 0.25) is 0 Å². The fourth-order valence-corrected chi connectivity index (χ4v) is 6.11. The number of para-hydroxylation sites is 1. The van der Waals surface area contributed by atoms with Gasteiger partial charge in [-0.1, -0.05) is 32.0 Å². The van der Waals surface area contributed by atoms with Crippen LogP contribution in [0, 0.1) is 6.92 Å². The number of fused-ring (bicyclic) bond motifs is 1. The van der Waals surface area contributed by atoms with Gasteiger partial charge in [-0.05, 0) is 48.9 Å². The zero-order valence-electron chi connectivity index (χ0n) is 16.5. The van der Waals surface area contributed by atoms with Crippen LogP contribution in [0.15, 0.2) is 52.3 Å². The monoisotopic (exact) mass is 418 g/mol. The summed E-state index contributed by atoms with van der Waals surface area (Å²) in [6.07, 6.45) is 0.890. The van der Waals surface area contributed by atoms with Crippen molar-refractivity contribution in [2.45, 2.75) is 37.0 Å². The van der Waals surface area contributed by atoms with E-state index in [1.54, 1.807) is 35.7 Å². The van der Waals surface area contributed by atoms with Crippen LogP contribution >= 0.6 is 11.8 Å². The first-order valence-corrected chi connectivity index (χ1v) is 12.0. The number of amides is 1. The molecule has 0 saturated heterocycles. The number of hydrogen-bond acceptors (Lipinski definition) is 4. The van der Waals surface area contributed by atoms with Crippen molar-refractivity contribution < 1.29 is 13.2 Å². The van der Waals surface area contributed by atoms with Crippen molar-refractivity contribution in [2.75, 3.05) is 30.3 Å². The zero-order valence-corrected chi connectivity index (χ0v) is 18.1. The summed E-state index contributed by atoms with van der Waals surface area (Å²) in [5.41, 5.74) is 1.94. The lowest BCUT2D eigenvalue weighted by Crippen LogP contribution is -2.33. The molecule has 2 aromatic rings. The largest absolute Gasteiger partial charge is 0.307 e. The van der Waals surface area contributed by atoms with Gasteiger partial charge in [-0.25, -0.2) is 8.42 Å². The van der Waals surface area contributed by atoms with Crippen LogP contribution in [0.25, 0.3) is 0 Å². The molecule has 0 bridgehead atoms. The number of sulfonamides is 1. The Morgan fingerprint density at radius 1 is 1.14 bits per heavy atom. The van der Waals surface area contributed by atoms with E-state index in [-0.39, 0.29) is 10.8 Å². The molecule has 0 radical (unpaired) electrons. The standard InChI is InChI=1S/C21H26N2O3S2/c1-4-22(5-2)28(25,26)20-15-17(12-11-16(20)3)21(24)23-13-8-14-27-19-10-7-6-9-18(19)23/h6-7,9-12,15H,4-5,8,13-14H2,1-3H3. The van der Waals surface area contributed by atoms with Gasteiger partial charge in [0.15, 0.2) is 0 Å². The van der Waals surface area contributed by atoms with Gasteiger partial charge in [0.1, 0.15) is 0 Å². The average Bonchev–Trinajstić information content (AvgIpc) is 2.91. The first kappa shape index (κ1) is 20.9. The third-order valence-electron chi connectivity index (χ3n) is 4.94. The summed E-state index contributed by atoms with van der Waals surface area (Å²) in [5.74, 6) is 0.793. The number of benzene rings is 2. The van der Waals surface area contributed by atoms with Gasteiger partial charge in [0.05, 0.1) is 10.6 Å². The molecule has 1 amide bonds. The minimum atomic E-state index is -3.63. The maximum atomic E-state index is 13.3. The highest BCUT2D eigenvalue weighted by Gasteiger charge is 2.27. The summed E-state index contributed by atoms with van der Waals surface area (Å²) in [4.78, 5) is 16.4. The van der Waals surface area contributed by atoms with E-state index in [0.717, 1.165) is 22.8 Å². The molecule has 150 valence electrons. The lowest BCUT2D eigenvalue weighted by Gasteiger charge is -2.24. The minimum absolute atomic E-state index is 0.161. The predicted molar refractivity (Wildman–Crippen MR) is 115 cm³/mol. The number of nitrogens with zero attached hydrogens (tertiary/aromatic N) is 2. The SMILES string of the molecule is CCN(CC)S(=O)(=O)c1cc(C(=O)N2CCCSc3ccccc32)ccc1C. The Morgan fingerprint density at radius 2 is 1.86 bits per heavy atom. The van der Waals surface area contributed by atoms with Crippen molar-refractivity contribution in [1.29, 1.82) is 0 Å². The van der Waals surface area contributed by atoms with E-state index in [1.165, 1.54) is 10.4 Å². The maximum absolute atomic E-state index is 13.3. The molecule has 1 heterocycles. The van der Waals surface area contributed by atoms with Crippen LogP contribution in [0.5, 0.6) is 0 Å². The molecule has 1 aliphatic rings. The Kier molecular flexibility index (Phi) is 6.47. The summed E-state index contributed by atoms with van der Waals surface area (Å²) in [5, 5.41) is 0. The van der Waals surface area contributed by atoms with Crippen molar-refractivity contribution in [2.24, 2.45) is 0 Å². The van der Waals surface area contributed by atoms with E-state index in [1.807, 2.05) is 38.1 Å². The number of anilines is 1. The van der Waals surface area contributed by atoms with Crippen molar-refractivity contribution >= 4 is 33.4 Å². The van der Waals surface area contributed by atoms with Crippen molar-refractivity contribution in [3.63, 3.8) is 0 Å². The first-order valence-electron chi connectivity index (χ1n) is 9.54. The molecule has 0 spiro atoms. The number of carbonyl (C=O) groups excluding carboxylic acids is 1. The zero-order chi connectivity index (χ0) is 20.3. The molecule has 5 nitrogen and oxygen atoms in total. The Morgan fingerprint density at radius 3 is 2.57 bits per heavy atom. The molecule has 0 atom stereocenters. The van der Waals surface area contributed by atoms with Crippen molar-refractivity contribution in [3.8, 4) is 0 Å². The highest BCUT2D eigenvalue weighted by atomic mass is 32.2. The summed E-state index contributed by atoms with van der Waals surface area (Å²) >= 11 is 1.75. The van der Waals surface area contributed by atoms with Gasteiger partial charge in [0.25, 0.3) is 5.91 Å². The molecule has 0 saturated carbocycles. The second kappa shape index (κ2) is 8.68. The van der Waals surface area contributed by atoms with Gasteiger partial charge < -0.3 is 4.90 Å². The predicted octanol–water partition coefficient (Wildman–Crippen LogP) is 4.17. The number of hydrogen-bond donors (Lipinski definition) is 0. The van der Waals surface area contributed by atoms with Crippen LogP contribution in [0.3, 0.4) is 0 Å². The van der Waals surface area contributed by atoms with E-state index in [2.05, 4.69) is 0 Å². The number of carbonyl (C=O) groups is 1. The molecule has 2 aromatic carbocycles. The molecular formula is C21H26N2O3S2. The van der Waals surface area contributed by atoms with E-state index in [0.29, 0.717) is 30.8 Å². The fraction of sp³-hybridized carbons (Fsp3) is 0.381. The molecule has 1 aliphatic heterocycles. The van der Waals surface area contributed by atoms with Gasteiger partial charge in [0, 0.05) is 30.1 Å². The van der Waals surface area contributed by atoms with Crippen LogP contribution in [-0.2, 0) is 10.0 Å². The molecule has 3 rings (SSSR count). The summed E-state index contributed by atoms with van der Waals surface area (Å²) in [6.45, 7) is 6.81. The van der Waals surface area contributed by atoms with E-state index < -0.39 is 10.0 Å². The third kappa shape index (κ3) is 3.97. The van der Waals surface area contributed by atoms with Crippen molar-refractivity contribution in [3.05, 3.63) is 53.6 Å². The summed E-state index contributed by atoms with van der Waals surface area (Å²) < 4.78 is 27.5. The molecule has 0 aromatic heterocycles. The Bertz CT molecular complexity index is 969. The third-order valence-corrected chi connectivity index (χ3v) is 8.28. The molecule has 0 fully saturated rings. The van der Waals surface area contributed by atoms with Crippen LogP contribution in [-0.4, -0.2) is 44.0 Å². The van der Waals surface area contributed by atoms with E-state index in [9.17, 15) is 13.2 Å². The number of aryl methyl sites for hydroxylation is 1. The number of thioether (sulfide) groups is 1. The Labute approximate surface area is 171 Å². The van der Waals surface area contributed by atoms with Crippen molar-refractivity contribution in [1.82, 2.24) is 4.31 Å². The molecule has 0 unspecified atom stereocenters. The normalized spacial score (nSPS) is 14.6. The highest BCUT2D eigenvalue weighted by molar-refractivity contribution is 7.99. The quantitative estimate of drug-likeness (QED) is 0.731. The van der Waals surface area contributed by atoms with Crippen LogP contribution in [0.1, 0.15) is 36.2 Å². The fourth-order valence-electron chi connectivity index (χ4n) is 3.41. The van der Waals surface area contributed by atoms with Gasteiger partial charge in [-0.2, -0.15) is 4.31 Å². The first-order chi connectivity index (χ1) is 13.4. The minimum Gasteiger partial charge on any atom is -0.307 e. The van der Waals surface area contributed by atoms with Crippen LogP contribution < -0.4 is 4.90 Å². The summed E-state index contributed by atoms with van der Waals surface area (Å²) in [7, 11) is -3.63. The lowest BCUT2D eigenvalue weighted by atomic mass is 10.1. The average molecular weight is 419 g/mol. The topological polar surface area (TPSA) is 57.7 Å². The second-order valence-corrected chi connectivity index (χ2v) is 9.74. The molecule has 0 N–H and O–H groups in total. The highest BCUT2D eigenvalue weighted by Crippen LogP contribution is 2.34. The maximum Gasteiger partial charge on any atom is 0.258 e. The molecule has 0 aliphatic carbocycles. The van der Waals surface area contributed by atoms with Gasteiger partial charge in [-0.3, -0.25) is 4.79 Å². The smallest absolute Gasteiger partial charge is 0.258 e. The van der Waals surface area contributed by atoms with Gasteiger partial charge in [-0.15, -0.1) is 11.8 Å². The Balaban J connectivity index is 2.03. The molecule has 7 heteroatoms. The second-order valence-electron chi connectivity index (χ2n) is 6.70. The Hall–Kier alpha value is -1.83. The number of rotatable bonds is 5. The van der Waals surface area contributed by atoms with Crippen LogP contribution in [0.4, 0.5) is 5.69 Å².